The molecule has 1 atom stereocenters. The van der Waals surface area contributed by atoms with Crippen molar-refractivity contribution in [1.29, 1.82) is 0 Å². The van der Waals surface area contributed by atoms with Gasteiger partial charge in [0.15, 0.2) is 0 Å². The Morgan fingerprint density at radius 1 is 1.29 bits per heavy atom. The molecule has 3 N–H and O–H groups in total. The highest BCUT2D eigenvalue weighted by Crippen LogP contribution is 2.13. The Kier molecular flexibility index (Phi) is 4.69. The molecule has 1 aromatic rings. The van der Waals surface area contributed by atoms with Gasteiger partial charge in [-0.05, 0) is 18.9 Å². The van der Waals surface area contributed by atoms with Crippen molar-refractivity contribution in [3.8, 4) is 0 Å². The lowest BCUT2D eigenvalue weighted by atomic mass is 10.0. The maximum Gasteiger partial charge on any atom is 0.244 e. The Morgan fingerprint density at radius 2 is 1.88 bits per heavy atom. The largest absolute Gasteiger partial charge is 0.368 e. The monoisotopic (exact) mass is 234 g/mol. The van der Waals surface area contributed by atoms with Crippen LogP contribution in [0.5, 0.6) is 0 Å². The summed E-state index contributed by atoms with van der Waals surface area (Å²) in [7, 11) is 0. The van der Waals surface area contributed by atoms with Gasteiger partial charge in [-0.15, -0.1) is 0 Å². The van der Waals surface area contributed by atoms with Crippen molar-refractivity contribution >= 4 is 11.8 Å². The molecule has 0 aliphatic carbocycles. The molecule has 0 heterocycles. The van der Waals surface area contributed by atoms with E-state index in [0.29, 0.717) is 12.0 Å². The highest BCUT2D eigenvalue weighted by Gasteiger charge is 2.19. The summed E-state index contributed by atoms with van der Waals surface area (Å²) in [5.41, 5.74) is 7.11. The summed E-state index contributed by atoms with van der Waals surface area (Å²) in [6.07, 6.45) is 1.14. The Balaban J connectivity index is 2.82. The summed E-state index contributed by atoms with van der Waals surface area (Å²) < 4.78 is 0. The van der Waals surface area contributed by atoms with E-state index >= 15 is 0 Å². The quantitative estimate of drug-likeness (QED) is 0.809. The standard InChI is InChI=1S/C13H18N2O2/c1-3-4-11(16)15-12(13(14)17)10-7-5-9(2)6-8-10/h5-8,12H,3-4H2,1-2H3,(H2,14,17)(H,15,16). The molecule has 0 spiro atoms. The van der Waals surface area contributed by atoms with Crippen LogP contribution in [0.3, 0.4) is 0 Å². The Morgan fingerprint density at radius 3 is 2.35 bits per heavy atom. The van der Waals surface area contributed by atoms with Crippen molar-refractivity contribution in [2.45, 2.75) is 32.7 Å². The molecule has 92 valence electrons. The van der Waals surface area contributed by atoms with Gasteiger partial charge in [0, 0.05) is 6.42 Å². The van der Waals surface area contributed by atoms with E-state index in [9.17, 15) is 9.59 Å². The summed E-state index contributed by atoms with van der Waals surface area (Å²) in [4.78, 5) is 22.8. The van der Waals surface area contributed by atoms with Gasteiger partial charge in [0.05, 0.1) is 0 Å². The molecule has 4 nitrogen and oxygen atoms in total. The van der Waals surface area contributed by atoms with E-state index in [1.807, 2.05) is 26.0 Å². The smallest absolute Gasteiger partial charge is 0.244 e. The third-order valence-electron chi connectivity index (χ3n) is 2.48. The molecule has 0 radical (unpaired) electrons. The van der Waals surface area contributed by atoms with Gasteiger partial charge in [-0.1, -0.05) is 36.8 Å². The van der Waals surface area contributed by atoms with E-state index in [4.69, 9.17) is 5.73 Å². The second-order valence-electron chi connectivity index (χ2n) is 4.06. The summed E-state index contributed by atoms with van der Waals surface area (Å²) >= 11 is 0. The van der Waals surface area contributed by atoms with Crippen molar-refractivity contribution in [2.75, 3.05) is 0 Å². The number of aryl methyl sites for hydroxylation is 1. The minimum absolute atomic E-state index is 0.156. The predicted octanol–water partition coefficient (Wildman–Crippen LogP) is 1.44. The Hall–Kier alpha value is -1.84. The lowest BCUT2D eigenvalue weighted by molar-refractivity contribution is -0.127. The van der Waals surface area contributed by atoms with Crippen molar-refractivity contribution < 1.29 is 9.59 Å². The molecular weight excluding hydrogens is 216 g/mol. The summed E-state index contributed by atoms with van der Waals surface area (Å²) in [6.45, 7) is 3.86. The molecule has 1 rings (SSSR count). The molecule has 17 heavy (non-hydrogen) atoms. The van der Waals surface area contributed by atoms with E-state index in [1.54, 1.807) is 12.1 Å². The fourth-order valence-corrected chi connectivity index (χ4v) is 1.54. The van der Waals surface area contributed by atoms with E-state index in [0.717, 1.165) is 12.0 Å². The van der Waals surface area contributed by atoms with Crippen molar-refractivity contribution in [2.24, 2.45) is 5.73 Å². The number of primary amides is 1. The molecule has 1 unspecified atom stereocenters. The van der Waals surface area contributed by atoms with Gasteiger partial charge in [0.2, 0.25) is 11.8 Å². The van der Waals surface area contributed by atoms with E-state index in [1.165, 1.54) is 0 Å². The Bertz CT molecular complexity index is 398. The summed E-state index contributed by atoms with van der Waals surface area (Å²) in [5.74, 6) is -0.699. The van der Waals surface area contributed by atoms with Crippen molar-refractivity contribution in [3.63, 3.8) is 0 Å². The number of carbonyl (C=O) groups excluding carboxylic acids is 2. The van der Waals surface area contributed by atoms with Gasteiger partial charge < -0.3 is 11.1 Å². The number of nitrogens with two attached hydrogens (primary N) is 1. The average Bonchev–Trinajstić information content (AvgIpc) is 2.27. The highest BCUT2D eigenvalue weighted by molar-refractivity contribution is 5.87. The number of carbonyl (C=O) groups is 2. The zero-order chi connectivity index (χ0) is 12.8. The number of nitrogens with one attached hydrogen (secondary N) is 1. The normalized spacial score (nSPS) is 11.9. The van der Waals surface area contributed by atoms with E-state index in [-0.39, 0.29) is 5.91 Å². The van der Waals surface area contributed by atoms with Crippen LogP contribution in [0.4, 0.5) is 0 Å². The number of rotatable bonds is 5. The first-order valence-corrected chi connectivity index (χ1v) is 5.69. The molecule has 0 bridgehead atoms. The van der Waals surface area contributed by atoms with E-state index < -0.39 is 11.9 Å². The maximum absolute atomic E-state index is 11.5. The SMILES string of the molecule is CCCC(=O)NC(C(N)=O)c1ccc(C)cc1. The first-order valence-electron chi connectivity index (χ1n) is 5.69. The highest BCUT2D eigenvalue weighted by atomic mass is 16.2. The first kappa shape index (κ1) is 13.2. The fraction of sp³-hybridized carbons (Fsp3) is 0.385. The number of amides is 2. The molecule has 0 aliphatic heterocycles. The minimum Gasteiger partial charge on any atom is -0.368 e. The number of hydrogen-bond acceptors (Lipinski definition) is 2. The number of benzene rings is 1. The van der Waals surface area contributed by atoms with Crippen LogP contribution in [0.1, 0.15) is 36.9 Å². The van der Waals surface area contributed by atoms with Crippen molar-refractivity contribution in [3.05, 3.63) is 35.4 Å². The average molecular weight is 234 g/mol. The third kappa shape index (κ3) is 3.90. The fourth-order valence-electron chi connectivity index (χ4n) is 1.54. The van der Waals surface area contributed by atoms with Crippen LogP contribution in [0.2, 0.25) is 0 Å². The second-order valence-corrected chi connectivity index (χ2v) is 4.06. The molecular formula is C13H18N2O2. The van der Waals surface area contributed by atoms with Crippen LogP contribution in [0.25, 0.3) is 0 Å². The zero-order valence-electron chi connectivity index (χ0n) is 10.2. The molecule has 0 fully saturated rings. The third-order valence-corrected chi connectivity index (χ3v) is 2.48. The van der Waals surface area contributed by atoms with Crippen molar-refractivity contribution in [1.82, 2.24) is 5.32 Å². The lowest BCUT2D eigenvalue weighted by Crippen LogP contribution is -2.37. The lowest BCUT2D eigenvalue weighted by Gasteiger charge is -2.15. The molecule has 0 saturated heterocycles. The predicted molar refractivity (Wildman–Crippen MR) is 66.2 cm³/mol. The summed E-state index contributed by atoms with van der Waals surface area (Å²) in [5, 5.41) is 2.64. The van der Waals surface area contributed by atoms with Crippen LogP contribution in [-0.2, 0) is 9.59 Å². The Labute approximate surface area is 101 Å². The van der Waals surface area contributed by atoms with Crippen LogP contribution in [0.15, 0.2) is 24.3 Å². The molecule has 0 aliphatic rings. The van der Waals surface area contributed by atoms with E-state index in [2.05, 4.69) is 5.32 Å². The van der Waals surface area contributed by atoms with Gasteiger partial charge in [0.25, 0.3) is 0 Å². The molecule has 2 amide bonds. The van der Waals surface area contributed by atoms with Crippen LogP contribution in [0, 0.1) is 6.92 Å². The molecule has 1 aromatic carbocycles. The van der Waals surface area contributed by atoms with Gasteiger partial charge in [-0.25, -0.2) is 0 Å². The molecule has 0 saturated carbocycles. The van der Waals surface area contributed by atoms with Crippen LogP contribution < -0.4 is 11.1 Å². The minimum atomic E-state index is -0.741. The molecule has 0 aromatic heterocycles. The zero-order valence-corrected chi connectivity index (χ0v) is 10.2. The van der Waals surface area contributed by atoms with Gasteiger partial charge in [-0.3, -0.25) is 9.59 Å². The second kappa shape index (κ2) is 6.03. The number of hydrogen-bond donors (Lipinski definition) is 2. The summed E-state index contributed by atoms with van der Waals surface area (Å²) in [6, 6.07) is 6.64. The first-order chi connectivity index (χ1) is 8.04. The topological polar surface area (TPSA) is 72.2 Å². The van der Waals surface area contributed by atoms with Crippen LogP contribution in [-0.4, -0.2) is 11.8 Å². The van der Waals surface area contributed by atoms with Crippen LogP contribution >= 0.6 is 0 Å². The van der Waals surface area contributed by atoms with Gasteiger partial charge in [-0.2, -0.15) is 0 Å². The molecule has 4 heteroatoms. The van der Waals surface area contributed by atoms with Gasteiger partial charge >= 0.3 is 0 Å². The van der Waals surface area contributed by atoms with Gasteiger partial charge in [0.1, 0.15) is 6.04 Å². The maximum atomic E-state index is 11.5.